The van der Waals surface area contributed by atoms with Crippen molar-refractivity contribution in [3.05, 3.63) is 32.3 Å². The van der Waals surface area contributed by atoms with E-state index in [4.69, 9.17) is 23.2 Å². The third-order valence-electron chi connectivity index (χ3n) is 3.93. The maximum atomic E-state index is 11.1. The van der Waals surface area contributed by atoms with Crippen molar-refractivity contribution in [1.82, 2.24) is 0 Å². The minimum atomic E-state index is -0.433. The van der Waals surface area contributed by atoms with Crippen LogP contribution >= 0.6 is 23.2 Å². The zero-order valence-corrected chi connectivity index (χ0v) is 13.1. The Balaban J connectivity index is 2.17. The molecule has 0 heterocycles. The molecule has 0 radical (unpaired) electrons. The van der Waals surface area contributed by atoms with Crippen molar-refractivity contribution in [2.45, 2.75) is 45.6 Å². The zero-order valence-electron chi connectivity index (χ0n) is 11.6. The molecule has 110 valence electrons. The Kier molecular flexibility index (Phi) is 4.45. The van der Waals surface area contributed by atoms with Gasteiger partial charge in [0.2, 0.25) is 0 Å². The zero-order chi connectivity index (χ0) is 14.9. The topological polar surface area (TPSA) is 55.2 Å². The number of anilines is 1. The Morgan fingerprint density at radius 1 is 1.25 bits per heavy atom. The molecule has 4 nitrogen and oxygen atoms in total. The molecule has 2 rings (SSSR count). The molecule has 20 heavy (non-hydrogen) atoms. The molecule has 0 bridgehead atoms. The molecule has 1 fully saturated rings. The van der Waals surface area contributed by atoms with Crippen LogP contribution in [0, 0.1) is 15.5 Å². The molecule has 0 saturated heterocycles. The molecule has 6 heteroatoms. The van der Waals surface area contributed by atoms with Crippen LogP contribution in [-0.2, 0) is 0 Å². The molecule has 1 aliphatic rings. The number of halogens is 2. The van der Waals surface area contributed by atoms with Gasteiger partial charge < -0.3 is 5.32 Å². The van der Waals surface area contributed by atoms with Crippen molar-refractivity contribution in [1.29, 1.82) is 0 Å². The molecule has 0 unspecified atom stereocenters. The summed E-state index contributed by atoms with van der Waals surface area (Å²) in [7, 11) is 0. The second-order valence-electron chi connectivity index (χ2n) is 6.12. The summed E-state index contributed by atoms with van der Waals surface area (Å²) in [6.07, 6.45) is 4.23. The van der Waals surface area contributed by atoms with Crippen LogP contribution in [0.3, 0.4) is 0 Å². The number of nitrogens with one attached hydrogen (secondary N) is 1. The second kappa shape index (κ2) is 5.78. The van der Waals surface area contributed by atoms with Gasteiger partial charge in [-0.3, -0.25) is 10.1 Å². The summed E-state index contributed by atoms with van der Waals surface area (Å²) >= 11 is 11.8. The lowest BCUT2D eigenvalue weighted by Gasteiger charge is -2.35. The average molecular weight is 317 g/mol. The van der Waals surface area contributed by atoms with Crippen molar-refractivity contribution < 1.29 is 4.92 Å². The molecular weight excluding hydrogens is 299 g/mol. The molecular formula is C14H18Cl2N2O2. The number of nitro groups is 1. The van der Waals surface area contributed by atoms with E-state index in [0.29, 0.717) is 16.1 Å². The van der Waals surface area contributed by atoms with Gasteiger partial charge in [-0.2, -0.15) is 0 Å². The minimum Gasteiger partial charge on any atom is -0.377 e. The lowest BCUT2D eigenvalue weighted by Crippen LogP contribution is -2.30. The van der Waals surface area contributed by atoms with Gasteiger partial charge in [-0.15, -0.1) is 0 Å². The number of benzene rings is 1. The number of hydrogen-bond donors (Lipinski definition) is 1. The molecule has 1 N–H and O–H groups in total. The molecule has 1 aromatic rings. The predicted molar refractivity (Wildman–Crippen MR) is 82.8 cm³/mol. The van der Waals surface area contributed by atoms with E-state index in [1.165, 1.54) is 6.07 Å². The first-order chi connectivity index (χ1) is 9.28. The van der Waals surface area contributed by atoms with E-state index in [0.717, 1.165) is 25.7 Å². The summed E-state index contributed by atoms with van der Waals surface area (Å²) in [5.41, 5.74) is 0.792. The highest BCUT2D eigenvalue weighted by Crippen LogP contribution is 2.39. The van der Waals surface area contributed by atoms with E-state index in [1.807, 2.05) is 0 Å². The van der Waals surface area contributed by atoms with Gasteiger partial charge in [-0.25, -0.2) is 0 Å². The van der Waals surface area contributed by atoms with Gasteiger partial charge in [0.15, 0.2) is 0 Å². The van der Waals surface area contributed by atoms with E-state index in [9.17, 15) is 10.1 Å². The van der Waals surface area contributed by atoms with Crippen molar-refractivity contribution >= 4 is 34.6 Å². The van der Waals surface area contributed by atoms with Crippen LogP contribution in [0.25, 0.3) is 0 Å². The van der Waals surface area contributed by atoms with Gasteiger partial charge in [0.1, 0.15) is 5.69 Å². The first-order valence-corrected chi connectivity index (χ1v) is 7.44. The fraction of sp³-hybridized carbons (Fsp3) is 0.571. The first kappa shape index (κ1) is 15.4. The third kappa shape index (κ3) is 3.55. The lowest BCUT2D eigenvalue weighted by molar-refractivity contribution is -0.384. The molecule has 0 amide bonds. The van der Waals surface area contributed by atoms with Crippen molar-refractivity contribution in [3.8, 4) is 0 Å². The van der Waals surface area contributed by atoms with Crippen LogP contribution in [0.4, 0.5) is 11.4 Å². The lowest BCUT2D eigenvalue weighted by atomic mass is 9.75. The summed E-state index contributed by atoms with van der Waals surface area (Å²) in [5.74, 6) is 0. The summed E-state index contributed by atoms with van der Waals surface area (Å²) in [6, 6.07) is 3.10. The number of rotatable bonds is 3. The normalized spacial score (nSPS) is 18.8. The number of nitrogens with zero attached hydrogens (tertiary/aromatic N) is 1. The van der Waals surface area contributed by atoms with Crippen LogP contribution in [0.15, 0.2) is 12.1 Å². The van der Waals surface area contributed by atoms with Gasteiger partial charge in [-0.1, -0.05) is 37.0 Å². The van der Waals surface area contributed by atoms with Gasteiger partial charge in [-0.05, 0) is 37.2 Å². The molecule has 1 aliphatic carbocycles. The fourth-order valence-corrected chi connectivity index (χ4v) is 2.89. The van der Waals surface area contributed by atoms with Crippen LogP contribution in [0.2, 0.25) is 10.0 Å². The quantitative estimate of drug-likeness (QED) is 0.609. The molecule has 0 spiro atoms. The van der Waals surface area contributed by atoms with E-state index in [1.54, 1.807) is 6.07 Å². The third-order valence-corrected chi connectivity index (χ3v) is 4.66. The molecule has 0 atom stereocenters. The summed E-state index contributed by atoms with van der Waals surface area (Å²) in [6.45, 7) is 4.51. The predicted octanol–water partition coefficient (Wildman–Crippen LogP) is 5.28. The Morgan fingerprint density at radius 2 is 1.80 bits per heavy atom. The molecule has 1 aromatic carbocycles. The maximum Gasteiger partial charge on any atom is 0.293 e. The highest BCUT2D eigenvalue weighted by atomic mass is 35.5. The monoisotopic (exact) mass is 316 g/mol. The van der Waals surface area contributed by atoms with Gasteiger partial charge in [0, 0.05) is 12.1 Å². The van der Waals surface area contributed by atoms with E-state index >= 15 is 0 Å². The van der Waals surface area contributed by atoms with Crippen LogP contribution in [0.1, 0.15) is 39.5 Å². The average Bonchev–Trinajstić information content (AvgIpc) is 2.35. The number of hydrogen-bond acceptors (Lipinski definition) is 3. The fourth-order valence-electron chi connectivity index (χ4n) is 2.57. The van der Waals surface area contributed by atoms with Gasteiger partial charge in [0.05, 0.1) is 15.0 Å². The van der Waals surface area contributed by atoms with Crippen molar-refractivity contribution in [3.63, 3.8) is 0 Å². The standard InChI is InChI=1S/C14H18Cl2N2O2/c1-14(2)5-3-9(4-6-14)17-12-7-10(15)11(16)8-13(12)18(19)20/h7-9,17H,3-6H2,1-2H3. The second-order valence-corrected chi connectivity index (χ2v) is 6.94. The van der Waals surface area contributed by atoms with Gasteiger partial charge in [0.25, 0.3) is 5.69 Å². The van der Waals surface area contributed by atoms with Crippen LogP contribution < -0.4 is 5.32 Å². The van der Waals surface area contributed by atoms with Crippen LogP contribution in [0.5, 0.6) is 0 Å². The molecule has 0 aliphatic heterocycles. The van der Waals surface area contributed by atoms with E-state index in [2.05, 4.69) is 19.2 Å². The summed E-state index contributed by atoms with van der Waals surface area (Å²) < 4.78 is 0. The highest BCUT2D eigenvalue weighted by molar-refractivity contribution is 6.42. The van der Waals surface area contributed by atoms with Crippen LogP contribution in [-0.4, -0.2) is 11.0 Å². The van der Waals surface area contributed by atoms with Gasteiger partial charge >= 0.3 is 0 Å². The Bertz CT molecular complexity index is 522. The maximum absolute atomic E-state index is 11.1. The Morgan fingerprint density at radius 3 is 2.35 bits per heavy atom. The van der Waals surface area contributed by atoms with E-state index in [-0.39, 0.29) is 16.8 Å². The Hall–Kier alpha value is -1.00. The minimum absolute atomic E-state index is 0.0239. The summed E-state index contributed by atoms with van der Waals surface area (Å²) in [4.78, 5) is 10.7. The highest BCUT2D eigenvalue weighted by Gasteiger charge is 2.28. The van der Waals surface area contributed by atoms with Crippen molar-refractivity contribution in [2.24, 2.45) is 5.41 Å². The Labute approximate surface area is 128 Å². The number of nitro benzene ring substituents is 1. The smallest absolute Gasteiger partial charge is 0.293 e. The first-order valence-electron chi connectivity index (χ1n) is 6.68. The SMILES string of the molecule is CC1(C)CCC(Nc2cc(Cl)c(Cl)cc2[N+](=O)[O-])CC1. The molecule has 0 aromatic heterocycles. The molecule has 1 saturated carbocycles. The van der Waals surface area contributed by atoms with E-state index < -0.39 is 4.92 Å². The van der Waals surface area contributed by atoms with Crippen molar-refractivity contribution in [2.75, 3.05) is 5.32 Å². The summed E-state index contributed by atoms with van der Waals surface area (Å²) in [5, 5.41) is 14.9. The largest absolute Gasteiger partial charge is 0.377 e.